The molecule has 1 saturated heterocycles. The van der Waals surface area contributed by atoms with Crippen molar-refractivity contribution >= 4 is 69.5 Å². The minimum absolute atomic E-state index is 0. The summed E-state index contributed by atoms with van der Waals surface area (Å²) in [6.07, 6.45) is 1.27. The van der Waals surface area contributed by atoms with Gasteiger partial charge in [-0.05, 0) is 0 Å². The maximum absolute atomic E-state index is 12.8. The number of carbonyl (C=O) groups is 4. The Bertz CT molecular complexity index is 1120. The molecule has 3 aliphatic rings. The van der Waals surface area contributed by atoms with E-state index in [1.807, 2.05) is 0 Å². The Morgan fingerprint density at radius 2 is 2.21 bits per heavy atom. The van der Waals surface area contributed by atoms with Crippen molar-refractivity contribution in [3.05, 3.63) is 32.7 Å². The number of hydrogen-bond acceptors (Lipinski definition) is 13. The Balaban J connectivity index is 0.00000306. The van der Waals surface area contributed by atoms with Crippen molar-refractivity contribution in [1.29, 1.82) is 0 Å². The molecule has 1 aromatic rings. The fourth-order valence-corrected chi connectivity index (χ4v) is 6.18. The van der Waals surface area contributed by atoms with Crippen LogP contribution < -0.4 is 45.7 Å². The van der Waals surface area contributed by atoms with Gasteiger partial charge in [0.05, 0.1) is 11.7 Å². The van der Waals surface area contributed by atoms with Gasteiger partial charge < -0.3 is 30.5 Å². The van der Waals surface area contributed by atoms with Crippen LogP contribution >= 0.6 is 34.9 Å². The van der Waals surface area contributed by atoms with Gasteiger partial charge in [0.15, 0.2) is 10.8 Å². The largest absolute Gasteiger partial charge is 1.00 e. The summed E-state index contributed by atoms with van der Waals surface area (Å²) in [5.41, 5.74) is 5.33. The molecule has 3 N–H and O–H groups in total. The van der Waals surface area contributed by atoms with Crippen LogP contribution in [0.15, 0.2) is 32.1 Å². The number of anilines is 1. The number of fused-ring (bicyclic) bond motifs is 1. The molecule has 0 radical (unpaired) electrons. The summed E-state index contributed by atoms with van der Waals surface area (Å²) in [6.45, 7) is 0.0385. The summed E-state index contributed by atoms with van der Waals surface area (Å²) in [5.74, 6) is -3.14. The van der Waals surface area contributed by atoms with E-state index in [1.165, 1.54) is 30.3 Å². The van der Waals surface area contributed by atoms with Crippen LogP contribution in [0.5, 0.6) is 0 Å². The number of aliphatic carboxylic acids is 1. The van der Waals surface area contributed by atoms with Crippen molar-refractivity contribution < 1.29 is 63.4 Å². The molecule has 1 fully saturated rings. The van der Waals surface area contributed by atoms with Crippen molar-refractivity contribution in [2.45, 2.75) is 11.4 Å². The topological polar surface area (TPSA) is 176 Å². The monoisotopic (exact) mass is 519 g/mol. The van der Waals surface area contributed by atoms with Crippen LogP contribution in [0.3, 0.4) is 0 Å². The van der Waals surface area contributed by atoms with Gasteiger partial charge in [-0.3, -0.25) is 14.5 Å². The summed E-state index contributed by atoms with van der Waals surface area (Å²) < 4.78 is 4.82. The SMILES string of the molecule is CO/N=C(\C(=O)N[C@@H]1C(=O)N2C(C(=O)[O-])=C(SC3=CC(=O)OC3)CS[C@@H]12)c1csc(N)n1.[Na+]. The van der Waals surface area contributed by atoms with Crippen molar-refractivity contribution in [2.75, 3.05) is 25.2 Å². The van der Waals surface area contributed by atoms with Gasteiger partial charge in [0, 0.05) is 27.0 Å². The predicted molar refractivity (Wildman–Crippen MR) is 114 cm³/mol. The van der Waals surface area contributed by atoms with Gasteiger partial charge in [0.2, 0.25) is 0 Å². The number of nitrogens with two attached hydrogens (primary N) is 1. The number of aromatic nitrogens is 1. The van der Waals surface area contributed by atoms with Gasteiger partial charge in [0.1, 0.15) is 30.8 Å². The standard InChI is InChI=1S/C17H15N5O7S3.Na/c1-28-21-10(7-4-31-17(18)19-7)13(24)20-11-14(25)22-12(16(26)27)8(5-30-15(11)22)32-6-2-9(23)29-3-6;/h2,4,11,15H,3,5H2,1H3,(H2,18,19)(H,20,24)(H,26,27);/q;+1/p-1/b21-10-;/t11-,15+;/m1./s1. The van der Waals surface area contributed by atoms with Crippen molar-refractivity contribution in [3.8, 4) is 0 Å². The molecule has 0 saturated carbocycles. The van der Waals surface area contributed by atoms with E-state index in [4.69, 9.17) is 15.3 Å². The number of thiazole rings is 1. The van der Waals surface area contributed by atoms with Crippen LogP contribution in [0.25, 0.3) is 0 Å². The first kappa shape index (κ1) is 25.6. The number of hydrogen-bond donors (Lipinski definition) is 2. The van der Waals surface area contributed by atoms with E-state index >= 15 is 0 Å². The zero-order valence-electron chi connectivity index (χ0n) is 17.2. The summed E-state index contributed by atoms with van der Waals surface area (Å²) in [4.78, 5) is 59.2. The van der Waals surface area contributed by atoms with Crippen LogP contribution in [0, 0.1) is 0 Å². The number of nitrogens with zero attached hydrogens (tertiary/aromatic N) is 3. The fourth-order valence-electron chi connectivity index (χ4n) is 3.14. The Morgan fingerprint density at radius 1 is 1.45 bits per heavy atom. The Labute approximate surface area is 221 Å². The van der Waals surface area contributed by atoms with Gasteiger partial charge in [-0.25, -0.2) is 9.78 Å². The number of carbonyl (C=O) groups excluding carboxylic acids is 4. The number of ether oxygens (including phenoxy) is 1. The molecule has 4 heterocycles. The zero-order valence-corrected chi connectivity index (χ0v) is 21.7. The van der Waals surface area contributed by atoms with Crippen LogP contribution in [0.1, 0.15) is 5.69 Å². The predicted octanol–water partition coefficient (Wildman–Crippen LogP) is -4.38. The van der Waals surface area contributed by atoms with Crippen molar-refractivity contribution in [1.82, 2.24) is 15.2 Å². The molecule has 0 bridgehead atoms. The first-order valence-corrected chi connectivity index (χ1v) is 11.6. The maximum Gasteiger partial charge on any atom is 1.00 e. The Hall–Kier alpha value is -2.04. The molecule has 1 aromatic heterocycles. The number of esters is 1. The van der Waals surface area contributed by atoms with Crippen LogP contribution in [-0.4, -0.2) is 70.2 Å². The summed E-state index contributed by atoms with van der Waals surface area (Å²) >= 11 is 3.43. The molecule has 33 heavy (non-hydrogen) atoms. The molecule has 0 unspecified atom stereocenters. The van der Waals surface area contributed by atoms with E-state index in [1.54, 1.807) is 0 Å². The molecule has 3 aliphatic heterocycles. The number of rotatable bonds is 7. The quantitative estimate of drug-likeness (QED) is 0.117. The number of β-lactam (4-membered cyclic amide) rings is 1. The van der Waals surface area contributed by atoms with E-state index in [-0.39, 0.29) is 64.2 Å². The van der Waals surface area contributed by atoms with Crippen molar-refractivity contribution in [3.63, 3.8) is 0 Å². The van der Waals surface area contributed by atoms with E-state index in [2.05, 4.69) is 15.5 Å². The van der Waals surface area contributed by atoms with Gasteiger partial charge in [0.25, 0.3) is 11.8 Å². The maximum atomic E-state index is 12.8. The zero-order chi connectivity index (χ0) is 23.0. The minimum Gasteiger partial charge on any atom is -0.543 e. The Kier molecular flexibility index (Phi) is 8.13. The minimum atomic E-state index is -1.53. The van der Waals surface area contributed by atoms with E-state index in [0.717, 1.165) is 28.0 Å². The molecule has 2 amide bonds. The number of nitrogen functional groups attached to an aromatic ring is 1. The summed E-state index contributed by atoms with van der Waals surface area (Å²) in [5, 5.41) is 19.1. The summed E-state index contributed by atoms with van der Waals surface area (Å²) in [7, 11) is 1.25. The van der Waals surface area contributed by atoms with E-state index in [9.17, 15) is 24.3 Å². The van der Waals surface area contributed by atoms with E-state index < -0.39 is 35.2 Å². The molecule has 2 atom stereocenters. The van der Waals surface area contributed by atoms with Gasteiger partial charge in [-0.15, -0.1) is 23.1 Å². The van der Waals surface area contributed by atoms with Gasteiger partial charge in [-0.2, -0.15) is 0 Å². The molecule has 0 aromatic carbocycles. The first-order valence-electron chi connectivity index (χ1n) is 8.88. The second-order valence-electron chi connectivity index (χ2n) is 6.43. The number of thioether (sulfide) groups is 2. The first-order chi connectivity index (χ1) is 15.3. The molecular formula is C17H14N5NaO7S3. The van der Waals surface area contributed by atoms with Crippen LogP contribution in [0.2, 0.25) is 0 Å². The van der Waals surface area contributed by atoms with Crippen LogP contribution in [0.4, 0.5) is 5.13 Å². The number of carboxylic acid groups (broad SMARTS) is 1. The molecular weight excluding hydrogens is 505 g/mol. The normalized spacial score (nSPS) is 22.0. The second kappa shape index (κ2) is 10.5. The molecule has 16 heteroatoms. The smallest absolute Gasteiger partial charge is 0.543 e. The number of nitrogens with one attached hydrogen (secondary N) is 1. The van der Waals surface area contributed by atoms with Gasteiger partial charge >= 0.3 is 35.5 Å². The average molecular weight is 520 g/mol. The second-order valence-corrected chi connectivity index (χ2v) is 9.65. The molecule has 0 aliphatic carbocycles. The average Bonchev–Trinajstić information content (AvgIpc) is 3.37. The molecule has 0 spiro atoms. The number of carboxylic acids is 1. The third kappa shape index (κ3) is 5.07. The van der Waals surface area contributed by atoms with Gasteiger partial charge in [-0.1, -0.05) is 16.9 Å². The third-order valence-electron chi connectivity index (χ3n) is 4.47. The van der Waals surface area contributed by atoms with Crippen LogP contribution in [-0.2, 0) is 28.8 Å². The molecule has 4 rings (SSSR count). The number of cyclic esters (lactones) is 1. The fraction of sp³-hybridized carbons (Fsp3) is 0.294. The summed E-state index contributed by atoms with van der Waals surface area (Å²) in [6, 6.07) is -0.984. The molecule has 12 nitrogen and oxygen atoms in total. The van der Waals surface area contributed by atoms with E-state index in [0.29, 0.717) is 9.81 Å². The third-order valence-corrected chi connectivity index (χ3v) is 7.68. The number of oxime groups is 1. The van der Waals surface area contributed by atoms with Crippen molar-refractivity contribution in [2.24, 2.45) is 5.16 Å². The number of amides is 2. The Morgan fingerprint density at radius 3 is 2.79 bits per heavy atom. The molecule has 168 valence electrons.